The van der Waals surface area contributed by atoms with Crippen molar-refractivity contribution < 1.29 is 14.3 Å². The summed E-state index contributed by atoms with van der Waals surface area (Å²) in [6, 6.07) is 2.40. The molecule has 0 atom stereocenters. The summed E-state index contributed by atoms with van der Waals surface area (Å²) in [5.41, 5.74) is 0.127. The van der Waals surface area contributed by atoms with Crippen molar-refractivity contribution in [3.63, 3.8) is 0 Å². The van der Waals surface area contributed by atoms with Gasteiger partial charge in [0.15, 0.2) is 0 Å². The maximum Gasteiger partial charge on any atom is 0.338 e. The molecule has 0 radical (unpaired) electrons. The molecule has 0 saturated carbocycles. The van der Waals surface area contributed by atoms with E-state index in [9.17, 15) is 9.18 Å². The van der Waals surface area contributed by atoms with Gasteiger partial charge in [-0.25, -0.2) is 9.18 Å². The van der Waals surface area contributed by atoms with Gasteiger partial charge in [-0.1, -0.05) is 0 Å². The lowest BCUT2D eigenvalue weighted by Gasteiger charge is -1.95. The Morgan fingerprint density at radius 3 is 2.93 bits per heavy atom. The Labute approximate surface area is 78.6 Å². The predicted octanol–water partition coefficient (Wildman–Crippen LogP) is 1.41. The molecule has 0 bridgehead atoms. The zero-order valence-corrected chi connectivity index (χ0v) is 7.36. The van der Waals surface area contributed by atoms with E-state index in [1.807, 2.05) is 0 Å². The molecule has 0 saturated heterocycles. The van der Waals surface area contributed by atoms with Gasteiger partial charge in [-0.3, -0.25) is 4.68 Å². The number of carbonyl (C=O) groups is 1. The molecule has 4 nitrogen and oxygen atoms in total. The number of rotatable bonds is 1. The lowest BCUT2D eigenvalue weighted by molar-refractivity contribution is 0.0692. The van der Waals surface area contributed by atoms with Gasteiger partial charge in [0, 0.05) is 18.6 Å². The fraction of sp³-hybridized carbons (Fsp3) is 0.111. The molecule has 1 aromatic heterocycles. The lowest BCUT2D eigenvalue weighted by Crippen LogP contribution is -1.99. The minimum Gasteiger partial charge on any atom is -0.478 e. The summed E-state index contributed by atoms with van der Waals surface area (Å²) in [5.74, 6) is -2.02. The highest BCUT2D eigenvalue weighted by Crippen LogP contribution is 2.17. The SMILES string of the molecule is Cn1cc2cc(F)c(C(=O)O)cc2n1. The van der Waals surface area contributed by atoms with E-state index in [0.29, 0.717) is 10.9 Å². The Hall–Kier alpha value is -1.91. The van der Waals surface area contributed by atoms with Crippen LogP contribution in [0.5, 0.6) is 0 Å². The van der Waals surface area contributed by atoms with Gasteiger partial charge in [0.1, 0.15) is 5.82 Å². The van der Waals surface area contributed by atoms with Crippen LogP contribution >= 0.6 is 0 Å². The monoisotopic (exact) mass is 194 g/mol. The van der Waals surface area contributed by atoms with Gasteiger partial charge >= 0.3 is 5.97 Å². The van der Waals surface area contributed by atoms with E-state index in [1.165, 1.54) is 16.8 Å². The molecule has 0 fully saturated rings. The maximum atomic E-state index is 13.2. The number of nitrogens with zero attached hydrogens (tertiary/aromatic N) is 2. The third kappa shape index (κ3) is 1.22. The smallest absolute Gasteiger partial charge is 0.338 e. The van der Waals surface area contributed by atoms with E-state index in [0.717, 1.165) is 0 Å². The predicted molar refractivity (Wildman–Crippen MR) is 47.6 cm³/mol. The van der Waals surface area contributed by atoms with Gasteiger partial charge in [0.05, 0.1) is 11.1 Å². The third-order valence-corrected chi connectivity index (χ3v) is 1.94. The maximum absolute atomic E-state index is 13.2. The van der Waals surface area contributed by atoms with Crippen LogP contribution in [0.4, 0.5) is 4.39 Å². The first-order chi connectivity index (χ1) is 6.58. The van der Waals surface area contributed by atoms with Gasteiger partial charge in [0.2, 0.25) is 0 Å². The topological polar surface area (TPSA) is 55.1 Å². The number of aromatic carboxylic acids is 1. The van der Waals surface area contributed by atoms with Crippen LogP contribution in [0.2, 0.25) is 0 Å². The summed E-state index contributed by atoms with van der Waals surface area (Å²) < 4.78 is 14.7. The molecule has 0 aliphatic rings. The van der Waals surface area contributed by atoms with Gasteiger partial charge in [-0.05, 0) is 12.1 Å². The highest BCUT2D eigenvalue weighted by atomic mass is 19.1. The quantitative estimate of drug-likeness (QED) is 0.746. The molecular formula is C9H7FN2O2. The van der Waals surface area contributed by atoms with Crippen molar-refractivity contribution in [2.45, 2.75) is 0 Å². The molecule has 2 aromatic rings. The van der Waals surface area contributed by atoms with E-state index in [4.69, 9.17) is 5.11 Å². The molecule has 0 aliphatic heterocycles. The van der Waals surface area contributed by atoms with Crippen molar-refractivity contribution in [3.05, 3.63) is 29.7 Å². The van der Waals surface area contributed by atoms with E-state index in [1.54, 1.807) is 13.2 Å². The number of benzene rings is 1. The number of hydrogen-bond donors (Lipinski definition) is 1. The molecule has 1 N–H and O–H groups in total. The number of carboxylic acids is 1. The lowest BCUT2D eigenvalue weighted by atomic mass is 10.1. The van der Waals surface area contributed by atoms with Crippen LogP contribution in [-0.4, -0.2) is 20.9 Å². The second-order valence-corrected chi connectivity index (χ2v) is 3.00. The number of fused-ring (bicyclic) bond motifs is 1. The van der Waals surface area contributed by atoms with Crippen molar-refractivity contribution in [2.24, 2.45) is 7.05 Å². The molecule has 0 spiro atoms. The molecular weight excluding hydrogens is 187 g/mol. The van der Waals surface area contributed by atoms with Gasteiger partial charge in [-0.2, -0.15) is 5.10 Å². The van der Waals surface area contributed by atoms with Crippen molar-refractivity contribution >= 4 is 16.9 Å². The Morgan fingerprint density at radius 1 is 1.57 bits per heavy atom. The van der Waals surface area contributed by atoms with E-state index in [2.05, 4.69) is 5.10 Å². The van der Waals surface area contributed by atoms with E-state index in [-0.39, 0.29) is 5.56 Å². The minimum atomic E-state index is -1.28. The fourth-order valence-electron chi connectivity index (χ4n) is 1.33. The molecule has 14 heavy (non-hydrogen) atoms. The highest BCUT2D eigenvalue weighted by Gasteiger charge is 2.12. The Kier molecular flexibility index (Phi) is 1.73. The molecule has 1 aromatic carbocycles. The normalized spacial score (nSPS) is 10.7. The first-order valence-electron chi connectivity index (χ1n) is 3.94. The first-order valence-corrected chi connectivity index (χ1v) is 3.94. The summed E-state index contributed by atoms with van der Waals surface area (Å²) in [7, 11) is 1.69. The van der Waals surface area contributed by atoms with E-state index >= 15 is 0 Å². The zero-order valence-electron chi connectivity index (χ0n) is 7.36. The van der Waals surface area contributed by atoms with Crippen molar-refractivity contribution in [3.8, 4) is 0 Å². The molecule has 0 amide bonds. The highest BCUT2D eigenvalue weighted by molar-refractivity contribution is 5.93. The van der Waals surface area contributed by atoms with Crippen LogP contribution in [0.3, 0.4) is 0 Å². The van der Waals surface area contributed by atoms with Crippen LogP contribution in [0.25, 0.3) is 10.9 Å². The number of hydrogen-bond acceptors (Lipinski definition) is 2. The summed E-state index contributed by atoms with van der Waals surface area (Å²) in [5, 5.41) is 13.2. The summed E-state index contributed by atoms with van der Waals surface area (Å²) in [6.45, 7) is 0. The Morgan fingerprint density at radius 2 is 2.29 bits per heavy atom. The van der Waals surface area contributed by atoms with Gasteiger partial charge in [-0.15, -0.1) is 0 Å². The summed E-state index contributed by atoms with van der Waals surface area (Å²) >= 11 is 0. The van der Waals surface area contributed by atoms with Crippen molar-refractivity contribution in [2.75, 3.05) is 0 Å². The number of halogens is 1. The van der Waals surface area contributed by atoms with Crippen LogP contribution in [0.1, 0.15) is 10.4 Å². The Bertz CT molecular complexity index is 519. The average Bonchev–Trinajstić information content (AvgIpc) is 2.42. The van der Waals surface area contributed by atoms with Crippen LogP contribution in [0, 0.1) is 5.82 Å². The molecule has 0 aliphatic carbocycles. The first kappa shape index (κ1) is 8.68. The second kappa shape index (κ2) is 2.80. The summed E-state index contributed by atoms with van der Waals surface area (Å²) in [4.78, 5) is 10.6. The number of aryl methyl sites for hydroxylation is 1. The van der Waals surface area contributed by atoms with Crippen LogP contribution in [-0.2, 0) is 7.05 Å². The molecule has 0 unspecified atom stereocenters. The average molecular weight is 194 g/mol. The third-order valence-electron chi connectivity index (χ3n) is 1.94. The number of aromatic nitrogens is 2. The van der Waals surface area contributed by atoms with Crippen molar-refractivity contribution in [1.82, 2.24) is 9.78 Å². The van der Waals surface area contributed by atoms with Crippen LogP contribution in [0.15, 0.2) is 18.3 Å². The van der Waals surface area contributed by atoms with Gasteiger partial charge in [0.25, 0.3) is 0 Å². The van der Waals surface area contributed by atoms with E-state index < -0.39 is 11.8 Å². The molecule has 2 rings (SSSR count). The molecule has 1 heterocycles. The molecule has 5 heteroatoms. The minimum absolute atomic E-state index is 0.351. The molecule has 72 valence electrons. The Balaban J connectivity index is 2.76. The van der Waals surface area contributed by atoms with Crippen molar-refractivity contribution in [1.29, 1.82) is 0 Å². The second-order valence-electron chi connectivity index (χ2n) is 3.00. The zero-order chi connectivity index (χ0) is 10.3. The van der Waals surface area contributed by atoms with Gasteiger partial charge < -0.3 is 5.11 Å². The van der Waals surface area contributed by atoms with Crippen LogP contribution < -0.4 is 0 Å². The fourth-order valence-corrected chi connectivity index (χ4v) is 1.33. The largest absolute Gasteiger partial charge is 0.478 e. The standard InChI is InChI=1S/C9H7FN2O2/c1-12-4-5-2-7(10)6(9(13)14)3-8(5)11-12/h2-4H,1H3,(H,13,14). The number of carboxylic acid groups (broad SMARTS) is 1. The summed E-state index contributed by atoms with van der Waals surface area (Å²) in [6.07, 6.45) is 1.63.